The summed E-state index contributed by atoms with van der Waals surface area (Å²) in [6, 6.07) is 27.3. The second-order valence-electron chi connectivity index (χ2n) is 6.78. The summed E-state index contributed by atoms with van der Waals surface area (Å²) in [6.07, 6.45) is 4.13. The van der Waals surface area contributed by atoms with Gasteiger partial charge >= 0.3 is 0 Å². The average Bonchev–Trinajstić information content (AvgIpc) is 3.17. The molecule has 0 spiro atoms. The van der Waals surface area contributed by atoms with Gasteiger partial charge in [0.15, 0.2) is 0 Å². The van der Waals surface area contributed by atoms with Crippen LogP contribution in [0.3, 0.4) is 0 Å². The molecular weight excluding hydrogens is 348 g/mol. The zero-order chi connectivity index (χ0) is 19.1. The SMILES string of the molecule is O=[N+]([O-])c1c(-c2ccc3cn(-c4ccccc4)cc3c2)ccc2ccccc12. The third kappa shape index (κ3) is 2.63. The van der Waals surface area contributed by atoms with Gasteiger partial charge in [-0.3, -0.25) is 10.1 Å². The zero-order valence-corrected chi connectivity index (χ0v) is 14.9. The fourth-order valence-electron chi connectivity index (χ4n) is 3.74. The first-order chi connectivity index (χ1) is 13.7. The molecule has 134 valence electrons. The maximum Gasteiger partial charge on any atom is 0.284 e. The van der Waals surface area contributed by atoms with Crippen molar-refractivity contribution in [2.45, 2.75) is 0 Å². The molecule has 5 rings (SSSR count). The van der Waals surface area contributed by atoms with Gasteiger partial charge in [-0.05, 0) is 46.7 Å². The number of nitro groups is 1. The van der Waals surface area contributed by atoms with Gasteiger partial charge in [-0.25, -0.2) is 0 Å². The van der Waals surface area contributed by atoms with E-state index in [9.17, 15) is 10.1 Å². The van der Waals surface area contributed by atoms with Crippen LogP contribution in [0.25, 0.3) is 38.4 Å². The molecule has 1 aromatic heterocycles. The van der Waals surface area contributed by atoms with E-state index < -0.39 is 0 Å². The second kappa shape index (κ2) is 6.35. The van der Waals surface area contributed by atoms with Crippen molar-refractivity contribution in [3.8, 4) is 16.8 Å². The molecule has 0 amide bonds. The van der Waals surface area contributed by atoms with Crippen LogP contribution in [0.5, 0.6) is 0 Å². The van der Waals surface area contributed by atoms with Crippen LogP contribution in [0.4, 0.5) is 5.69 Å². The Morgan fingerprint density at radius 2 is 1.43 bits per heavy atom. The molecule has 0 fully saturated rings. The molecule has 4 nitrogen and oxygen atoms in total. The average molecular weight is 364 g/mol. The number of aromatic nitrogens is 1. The molecule has 4 heteroatoms. The first kappa shape index (κ1) is 16.3. The molecule has 0 aliphatic carbocycles. The van der Waals surface area contributed by atoms with Crippen molar-refractivity contribution in [3.63, 3.8) is 0 Å². The summed E-state index contributed by atoms with van der Waals surface area (Å²) >= 11 is 0. The molecule has 0 atom stereocenters. The minimum atomic E-state index is -0.281. The predicted octanol–water partition coefficient (Wildman–Crippen LogP) is 6.36. The van der Waals surface area contributed by atoms with Gasteiger partial charge in [0.2, 0.25) is 0 Å². The van der Waals surface area contributed by atoms with Crippen molar-refractivity contribution in [1.29, 1.82) is 0 Å². The van der Waals surface area contributed by atoms with Crippen LogP contribution in [0.1, 0.15) is 0 Å². The van der Waals surface area contributed by atoms with Crippen LogP contribution < -0.4 is 0 Å². The lowest BCUT2D eigenvalue weighted by molar-refractivity contribution is -0.382. The van der Waals surface area contributed by atoms with Gasteiger partial charge in [0.25, 0.3) is 5.69 Å². The lowest BCUT2D eigenvalue weighted by atomic mass is 9.97. The van der Waals surface area contributed by atoms with Crippen LogP contribution in [-0.4, -0.2) is 9.49 Å². The highest BCUT2D eigenvalue weighted by atomic mass is 16.6. The molecule has 28 heavy (non-hydrogen) atoms. The summed E-state index contributed by atoms with van der Waals surface area (Å²) in [6.45, 7) is 0. The molecular formula is C24H16N2O2. The molecule has 0 saturated heterocycles. The number of nitro benzene ring substituents is 1. The Labute approximate surface area is 161 Å². The zero-order valence-electron chi connectivity index (χ0n) is 14.9. The van der Waals surface area contributed by atoms with E-state index in [0.29, 0.717) is 10.9 Å². The monoisotopic (exact) mass is 364 g/mol. The summed E-state index contributed by atoms with van der Waals surface area (Å²) in [4.78, 5) is 11.6. The largest absolute Gasteiger partial charge is 0.323 e. The maximum atomic E-state index is 11.9. The quantitative estimate of drug-likeness (QED) is 0.276. The van der Waals surface area contributed by atoms with E-state index in [-0.39, 0.29) is 10.6 Å². The van der Waals surface area contributed by atoms with Gasteiger partial charge in [-0.2, -0.15) is 0 Å². The lowest BCUT2D eigenvalue weighted by Gasteiger charge is -2.07. The van der Waals surface area contributed by atoms with Crippen molar-refractivity contribution in [2.24, 2.45) is 0 Å². The van der Waals surface area contributed by atoms with Crippen LogP contribution in [0.15, 0.2) is 97.3 Å². The van der Waals surface area contributed by atoms with Crippen molar-refractivity contribution < 1.29 is 4.92 Å². The van der Waals surface area contributed by atoms with Crippen molar-refractivity contribution in [1.82, 2.24) is 4.57 Å². The fourth-order valence-corrected chi connectivity index (χ4v) is 3.74. The molecule has 0 saturated carbocycles. The first-order valence-corrected chi connectivity index (χ1v) is 9.04. The molecule has 1 heterocycles. The standard InChI is InChI=1S/C24H16N2O2/c27-26(28)24-22-9-5-4-6-17(22)12-13-23(24)18-10-11-19-15-25(16-20(19)14-18)21-7-2-1-3-8-21/h1-16H. The molecule has 0 radical (unpaired) electrons. The molecule has 0 aliphatic rings. The Hall–Kier alpha value is -3.92. The Balaban J connectivity index is 1.69. The van der Waals surface area contributed by atoms with E-state index in [1.54, 1.807) is 6.07 Å². The van der Waals surface area contributed by atoms with Gasteiger partial charge in [0, 0.05) is 23.5 Å². The number of hydrogen-bond acceptors (Lipinski definition) is 2. The fraction of sp³-hybridized carbons (Fsp3) is 0. The second-order valence-corrected chi connectivity index (χ2v) is 6.78. The third-order valence-corrected chi connectivity index (χ3v) is 5.09. The lowest BCUT2D eigenvalue weighted by Crippen LogP contribution is -1.93. The summed E-state index contributed by atoms with van der Waals surface area (Å²) < 4.78 is 2.07. The van der Waals surface area contributed by atoms with Crippen molar-refractivity contribution >= 4 is 27.2 Å². The smallest absolute Gasteiger partial charge is 0.284 e. The highest BCUT2D eigenvalue weighted by Gasteiger charge is 2.19. The van der Waals surface area contributed by atoms with E-state index in [0.717, 1.165) is 27.4 Å². The Bertz CT molecular complexity index is 1340. The number of para-hydroxylation sites is 1. The number of fused-ring (bicyclic) bond motifs is 2. The summed E-state index contributed by atoms with van der Waals surface area (Å²) in [5.41, 5.74) is 2.71. The first-order valence-electron chi connectivity index (χ1n) is 9.04. The minimum Gasteiger partial charge on any atom is -0.323 e. The van der Waals surface area contributed by atoms with Crippen LogP contribution in [0.2, 0.25) is 0 Å². The Kier molecular flexibility index (Phi) is 3.69. The number of nitrogens with zero attached hydrogens (tertiary/aromatic N) is 2. The highest BCUT2D eigenvalue weighted by Crippen LogP contribution is 2.37. The Morgan fingerprint density at radius 1 is 0.714 bits per heavy atom. The minimum absolute atomic E-state index is 0.153. The van der Waals surface area contributed by atoms with E-state index in [1.807, 2.05) is 78.9 Å². The summed E-state index contributed by atoms with van der Waals surface area (Å²) in [5, 5.41) is 15.5. The van der Waals surface area contributed by atoms with E-state index >= 15 is 0 Å². The van der Waals surface area contributed by atoms with E-state index in [2.05, 4.69) is 17.0 Å². The normalized spacial score (nSPS) is 11.1. The van der Waals surface area contributed by atoms with Gasteiger partial charge in [-0.15, -0.1) is 0 Å². The molecule has 4 aromatic carbocycles. The molecule has 0 N–H and O–H groups in total. The number of rotatable bonds is 3. The van der Waals surface area contributed by atoms with Gasteiger partial charge in [-0.1, -0.05) is 54.6 Å². The topological polar surface area (TPSA) is 48.1 Å². The Morgan fingerprint density at radius 3 is 2.25 bits per heavy atom. The predicted molar refractivity (Wildman–Crippen MR) is 113 cm³/mol. The number of hydrogen-bond donors (Lipinski definition) is 0. The highest BCUT2D eigenvalue weighted by molar-refractivity contribution is 5.99. The molecule has 0 bridgehead atoms. The van der Waals surface area contributed by atoms with E-state index in [4.69, 9.17) is 0 Å². The van der Waals surface area contributed by atoms with Gasteiger partial charge in [0.1, 0.15) is 0 Å². The van der Waals surface area contributed by atoms with Gasteiger partial charge < -0.3 is 4.57 Å². The number of benzene rings is 4. The van der Waals surface area contributed by atoms with Crippen molar-refractivity contribution in [2.75, 3.05) is 0 Å². The van der Waals surface area contributed by atoms with E-state index in [1.165, 1.54) is 0 Å². The molecule has 0 unspecified atom stereocenters. The van der Waals surface area contributed by atoms with Crippen LogP contribution >= 0.6 is 0 Å². The van der Waals surface area contributed by atoms with Crippen molar-refractivity contribution in [3.05, 3.63) is 107 Å². The van der Waals surface area contributed by atoms with Gasteiger partial charge in [0.05, 0.1) is 15.9 Å². The summed E-state index contributed by atoms with van der Waals surface area (Å²) in [7, 11) is 0. The maximum absolute atomic E-state index is 11.9. The third-order valence-electron chi connectivity index (χ3n) is 5.09. The van der Waals surface area contributed by atoms with Crippen LogP contribution in [-0.2, 0) is 0 Å². The molecule has 0 aliphatic heterocycles. The molecule has 5 aromatic rings. The summed E-state index contributed by atoms with van der Waals surface area (Å²) in [5.74, 6) is 0. The van der Waals surface area contributed by atoms with Crippen LogP contribution in [0, 0.1) is 10.1 Å².